The molecular formula is C20H39N5O. The SMILES string of the molecule is CN=C(NCCCN1CCCCC1C)NCCNC(=O)CC1CCCC1. The molecule has 0 aromatic heterocycles. The Morgan fingerprint density at radius 1 is 1.00 bits per heavy atom. The second-order valence-electron chi connectivity index (χ2n) is 7.86. The largest absolute Gasteiger partial charge is 0.356 e. The Balaban J connectivity index is 1.48. The van der Waals surface area contributed by atoms with E-state index in [-0.39, 0.29) is 5.91 Å². The highest BCUT2D eigenvalue weighted by atomic mass is 16.1. The molecule has 2 rings (SSSR count). The van der Waals surface area contributed by atoms with E-state index >= 15 is 0 Å². The van der Waals surface area contributed by atoms with Crippen LogP contribution in [0.15, 0.2) is 4.99 Å². The molecule has 150 valence electrons. The van der Waals surface area contributed by atoms with Crippen molar-refractivity contribution in [2.75, 3.05) is 39.8 Å². The minimum Gasteiger partial charge on any atom is -0.356 e. The first-order valence-electron chi connectivity index (χ1n) is 10.6. The van der Waals surface area contributed by atoms with E-state index in [1.807, 2.05) is 0 Å². The van der Waals surface area contributed by atoms with E-state index in [2.05, 4.69) is 32.8 Å². The van der Waals surface area contributed by atoms with Crippen molar-refractivity contribution in [1.29, 1.82) is 0 Å². The van der Waals surface area contributed by atoms with Gasteiger partial charge in [-0.25, -0.2) is 0 Å². The molecule has 2 fully saturated rings. The summed E-state index contributed by atoms with van der Waals surface area (Å²) in [6, 6.07) is 0.731. The van der Waals surface area contributed by atoms with Gasteiger partial charge in [0.25, 0.3) is 0 Å². The number of aliphatic imine (C=N–C) groups is 1. The maximum atomic E-state index is 11.9. The molecule has 0 aromatic rings. The number of hydrogen-bond donors (Lipinski definition) is 3. The summed E-state index contributed by atoms with van der Waals surface area (Å²) in [6.45, 7) is 7.03. The summed E-state index contributed by atoms with van der Waals surface area (Å²) in [5.41, 5.74) is 0. The standard InChI is InChI=1S/C20H39N5O/c1-17-8-5-6-14-25(17)15-7-11-23-20(21-2)24-13-12-22-19(26)16-18-9-3-4-10-18/h17-18H,3-16H2,1-2H3,(H,22,26)(H2,21,23,24). The summed E-state index contributed by atoms with van der Waals surface area (Å²) in [5, 5.41) is 9.66. The number of guanidine groups is 1. The lowest BCUT2D eigenvalue weighted by atomic mass is 10.0. The summed E-state index contributed by atoms with van der Waals surface area (Å²) >= 11 is 0. The van der Waals surface area contributed by atoms with E-state index in [0.29, 0.717) is 25.4 Å². The fraction of sp³-hybridized carbons (Fsp3) is 0.900. The topological polar surface area (TPSA) is 68.8 Å². The molecule has 0 aromatic carbocycles. The van der Waals surface area contributed by atoms with E-state index in [1.54, 1.807) is 7.05 Å². The monoisotopic (exact) mass is 365 g/mol. The van der Waals surface area contributed by atoms with E-state index in [9.17, 15) is 4.79 Å². The van der Waals surface area contributed by atoms with Gasteiger partial charge in [0.05, 0.1) is 0 Å². The zero-order valence-electron chi connectivity index (χ0n) is 16.9. The van der Waals surface area contributed by atoms with E-state index in [4.69, 9.17) is 0 Å². The zero-order chi connectivity index (χ0) is 18.6. The number of piperidine rings is 1. The average Bonchev–Trinajstić information content (AvgIpc) is 3.14. The van der Waals surface area contributed by atoms with Crippen molar-refractivity contribution < 1.29 is 4.79 Å². The van der Waals surface area contributed by atoms with Gasteiger partial charge in [-0.05, 0) is 51.5 Å². The van der Waals surface area contributed by atoms with Crippen LogP contribution >= 0.6 is 0 Å². The van der Waals surface area contributed by atoms with Gasteiger partial charge in [-0.2, -0.15) is 0 Å². The van der Waals surface area contributed by atoms with Crippen LogP contribution in [0.5, 0.6) is 0 Å². The van der Waals surface area contributed by atoms with Gasteiger partial charge in [0.15, 0.2) is 5.96 Å². The molecule has 1 saturated heterocycles. The van der Waals surface area contributed by atoms with Gasteiger partial charge in [-0.15, -0.1) is 0 Å². The molecule has 1 saturated carbocycles. The van der Waals surface area contributed by atoms with Gasteiger partial charge in [0.2, 0.25) is 5.91 Å². The number of carbonyl (C=O) groups excluding carboxylic acids is 1. The molecule has 1 aliphatic carbocycles. The van der Waals surface area contributed by atoms with Gasteiger partial charge in [0.1, 0.15) is 0 Å². The molecule has 6 heteroatoms. The van der Waals surface area contributed by atoms with Crippen molar-refractivity contribution in [3.05, 3.63) is 0 Å². The first kappa shape index (κ1) is 21.0. The molecule has 6 nitrogen and oxygen atoms in total. The lowest BCUT2D eigenvalue weighted by molar-refractivity contribution is -0.121. The molecule has 2 aliphatic rings. The van der Waals surface area contributed by atoms with Crippen molar-refractivity contribution in [2.24, 2.45) is 10.9 Å². The van der Waals surface area contributed by atoms with Gasteiger partial charge >= 0.3 is 0 Å². The molecule has 0 spiro atoms. The van der Waals surface area contributed by atoms with Crippen LogP contribution < -0.4 is 16.0 Å². The van der Waals surface area contributed by atoms with E-state index in [0.717, 1.165) is 31.5 Å². The molecule has 0 bridgehead atoms. The van der Waals surface area contributed by atoms with Crippen molar-refractivity contribution in [2.45, 2.75) is 70.8 Å². The van der Waals surface area contributed by atoms with Crippen molar-refractivity contribution in [1.82, 2.24) is 20.9 Å². The lowest BCUT2D eigenvalue weighted by Crippen LogP contribution is -2.43. The predicted molar refractivity (Wildman–Crippen MR) is 108 cm³/mol. The average molecular weight is 366 g/mol. The Labute approximate surface area is 159 Å². The van der Waals surface area contributed by atoms with Gasteiger partial charge < -0.3 is 20.9 Å². The van der Waals surface area contributed by atoms with Crippen LogP contribution in [0, 0.1) is 5.92 Å². The van der Waals surface area contributed by atoms with Crippen molar-refractivity contribution in [3.63, 3.8) is 0 Å². The molecule has 1 heterocycles. The molecular weight excluding hydrogens is 326 g/mol. The summed E-state index contributed by atoms with van der Waals surface area (Å²) in [7, 11) is 1.79. The van der Waals surface area contributed by atoms with Gasteiger partial charge in [-0.3, -0.25) is 9.79 Å². The first-order chi connectivity index (χ1) is 12.7. The molecule has 1 aliphatic heterocycles. The summed E-state index contributed by atoms with van der Waals surface area (Å²) in [4.78, 5) is 18.8. The van der Waals surface area contributed by atoms with Crippen LogP contribution in [0.2, 0.25) is 0 Å². The van der Waals surface area contributed by atoms with E-state index in [1.165, 1.54) is 51.5 Å². The number of hydrogen-bond acceptors (Lipinski definition) is 3. The maximum Gasteiger partial charge on any atom is 0.220 e. The number of amides is 1. The minimum absolute atomic E-state index is 0.192. The molecule has 0 radical (unpaired) electrons. The van der Waals surface area contributed by atoms with Crippen molar-refractivity contribution >= 4 is 11.9 Å². The fourth-order valence-corrected chi connectivity index (χ4v) is 4.13. The van der Waals surface area contributed by atoms with Crippen molar-refractivity contribution in [3.8, 4) is 0 Å². The van der Waals surface area contributed by atoms with E-state index < -0.39 is 0 Å². The molecule has 1 unspecified atom stereocenters. The zero-order valence-corrected chi connectivity index (χ0v) is 16.9. The Kier molecular flexibility index (Phi) is 9.82. The Bertz CT molecular complexity index is 434. The highest BCUT2D eigenvalue weighted by Crippen LogP contribution is 2.27. The molecule has 1 atom stereocenters. The first-order valence-corrected chi connectivity index (χ1v) is 10.6. The molecule has 3 N–H and O–H groups in total. The number of nitrogens with one attached hydrogen (secondary N) is 3. The van der Waals surface area contributed by atoms with Crippen LogP contribution in [0.25, 0.3) is 0 Å². The minimum atomic E-state index is 0.192. The summed E-state index contributed by atoms with van der Waals surface area (Å²) < 4.78 is 0. The van der Waals surface area contributed by atoms with Crippen LogP contribution in [-0.2, 0) is 4.79 Å². The maximum absolute atomic E-state index is 11.9. The van der Waals surface area contributed by atoms with Crippen LogP contribution in [0.4, 0.5) is 0 Å². The fourth-order valence-electron chi connectivity index (χ4n) is 4.13. The molecule has 1 amide bonds. The van der Waals surface area contributed by atoms with Gasteiger partial charge in [0, 0.05) is 45.7 Å². The second-order valence-corrected chi connectivity index (χ2v) is 7.86. The third-order valence-electron chi connectivity index (χ3n) is 5.77. The summed E-state index contributed by atoms with van der Waals surface area (Å²) in [6.07, 6.45) is 10.9. The van der Waals surface area contributed by atoms with Crippen LogP contribution in [0.1, 0.15) is 64.7 Å². The third kappa shape index (κ3) is 7.94. The van der Waals surface area contributed by atoms with Crippen LogP contribution in [-0.4, -0.2) is 62.6 Å². The number of likely N-dealkylation sites (tertiary alicyclic amines) is 1. The van der Waals surface area contributed by atoms with Crippen LogP contribution in [0.3, 0.4) is 0 Å². The number of rotatable bonds is 9. The number of carbonyl (C=O) groups is 1. The third-order valence-corrected chi connectivity index (χ3v) is 5.77. The lowest BCUT2D eigenvalue weighted by Gasteiger charge is -2.33. The Morgan fingerprint density at radius 2 is 1.69 bits per heavy atom. The number of nitrogens with zero attached hydrogens (tertiary/aromatic N) is 2. The smallest absolute Gasteiger partial charge is 0.220 e. The quantitative estimate of drug-likeness (QED) is 0.333. The highest BCUT2D eigenvalue weighted by molar-refractivity contribution is 5.79. The highest BCUT2D eigenvalue weighted by Gasteiger charge is 2.18. The Morgan fingerprint density at radius 3 is 2.42 bits per heavy atom. The second kappa shape index (κ2) is 12.2. The molecule has 26 heavy (non-hydrogen) atoms. The summed E-state index contributed by atoms with van der Waals surface area (Å²) in [5.74, 6) is 1.62. The Hall–Kier alpha value is -1.30. The predicted octanol–water partition coefficient (Wildman–Crippen LogP) is 2.11. The normalized spacial score (nSPS) is 22.4. The van der Waals surface area contributed by atoms with Gasteiger partial charge in [-0.1, -0.05) is 19.3 Å².